The van der Waals surface area contributed by atoms with Gasteiger partial charge >= 0.3 is 0 Å². The van der Waals surface area contributed by atoms with E-state index in [2.05, 4.69) is 39.2 Å². The summed E-state index contributed by atoms with van der Waals surface area (Å²) >= 11 is 7.04. The normalized spacial score (nSPS) is 18.1. The van der Waals surface area contributed by atoms with Crippen molar-refractivity contribution in [3.8, 4) is 11.4 Å². The summed E-state index contributed by atoms with van der Waals surface area (Å²) in [4.78, 5) is 16.9. The van der Waals surface area contributed by atoms with Crippen LogP contribution in [0.5, 0.6) is 0 Å². The lowest BCUT2D eigenvalue weighted by Gasteiger charge is -2.34. The Labute approximate surface area is 200 Å². The molecule has 2 aliphatic heterocycles. The van der Waals surface area contributed by atoms with Crippen LogP contribution in [0.4, 0.5) is 11.5 Å². The maximum absolute atomic E-state index is 7.04. The fraction of sp³-hybridized carbons (Fsp3) is 0.440. The molecule has 3 aromatic rings. The summed E-state index contributed by atoms with van der Waals surface area (Å²) in [5.74, 6) is 1.51. The Kier molecular flexibility index (Phi) is 6.92. The van der Waals surface area contributed by atoms with Crippen LogP contribution in [0.2, 0.25) is 5.02 Å². The van der Waals surface area contributed by atoms with Crippen LogP contribution >= 0.6 is 11.6 Å². The first-order valence-corrected chi connectivity index (χ1v) is 12.1. The third-order valence-electron chi connectivity index (χ3n) is 6.48. The van der Waals surface area contributed by atoms with Crippen LogP contribution in [-0.4, -0.2) is 92.4 Å². The molecule has 2 aromatic carbocycles. The van der Waals surface area contributed by atoms with Crippen LogP contribution in [0.15, 0.2) is 42.5 Å². The van der Waals surface area contributed by atoms with Crippen molar-refractivity contribution in [2.24, 2.45) is 0 Å². The topological polar surface area (TPSA) is 56.8 Å². The molecule has 0 atom stereocenters. The van der Waals surface area contributed by atoms with E-state index in [1.165, 1.54) is 0 Å². The van der Waals surface area contributed by atoms with Crippen molar-refractivity contribution in [2.45, 2.75) is 0 Å². The van der Waals surface area contributed by atoms with Crippen molar-refractivity contribution in [2.75, 3.05) is 82.8 Å². The van der Waals surface area contributed by atoms with E-state index in [4.69, 9.17) is 26.3 Å². The highest BCUT2D eigenvalue weighted by atomic mass is 35.5. The van der Waals surface area contributed by atoms with Gasteiger partial charge in [0, 0.05) is 57.9 Å². The lowest BCUT2D eigenvalue weighted by Crippen LogP contribution is -2.44. The second-order valence-corrected chi connectivity index (χ2v) is 9.10. The number of aromatic nitrogens is 2. The van der Waals surface area contributed by atoms with E-state index in [-0.39, 0.29) is 0 Å². The van der Waals surface area contributed by atoms with E-state index in [1.807, 2.05) is 30.3 Å². The minimum atomic E-state index is 0.709. The zero-order chi connectivity index (χ0) is 22.6. The molecular formula is C25H31ClN6O. The second-order valence-electron chi connectivity index (χ2n) is 8.73. The smallest absolute Gasteiger partial charge is 0.162 e. The van der Waals surface area contributed by atoms with E-state index >= 15 is 0 Å². The highest BCUT2D eigenvalue weighted by molar-refractivity contribution is 6.39. The number of benzene rings is 2. The molecule has 7 nitrogen and oxygen atoms in total. The Bertz CT molecular complexity index is 1080. The third kappa shape index (κ3) is 5.06. The van der Waals surface area contributed by atoms with Gasteiger partial charge in [-0.2, -0.15) is 0 Å². The maximum Gasteiger partial charge on any atom is 0.162 e. The number of likely N-dealkylation sites (N-methyl/N-ethyl adjacent to an activating group) is 1. The molecule has 2 fully saturated rings. The number of fused-ring (bicyclic) bond motifs is 1. The third-order valence-corrected chi connectivity index (χ3v) is 6.86. The highest BCUT2D eigenvalue weighted by Crippen LogP contribution is 2.37. The van der Waals surface area contributed by atoms with Crippen molar-refractivity contribution in [1.29, 1.82) is 0 Å². The molecule has 8 heteroatoms. The van der Waals surface area contributed by atoms with Gasteiger partial charge in [-0.05, 0) is 19.2 Å². The van der Waals surface area contributed by atoms with E-state index < -0.39 is 0 Å². The van der Waals surface area contributed by atoms with Gasteiger partial charge in [-0.3, -0.25) is 4.90 Å². The number of morpholine rings is 1. The van der Waals surface area contributed by atoms with Gasteiger partial charge in [0.1, 0.15) is 5.82 Å². The zero-order valence-corrected chi connectivity index (χ0v) is 19.9. The number of nitrogens with one attached hydrogen (secondary N) is 1. The molecule has 0 radical (unpaired) electrons. The molecule has 0 amide bonds. The summed E-state index contributed by atoms with van der Waals surface area (Å²) in [6.07, 6.45) is 0. The largest absolute Gasteiger partial charge is 0.379 e. The monoisotopic (exact) mass is 466 g/mol. The van der Waals surface area contributed by atoms with Gasteiger partial charge in [0.05, 0.1) is 34.8 Å². The lowest BCUT2D eigenvalue weighted by atomic mass is 10.1. The number of halogens is 1. The first kappa shape index (κ1) is 22.3. The average molecular weight is 467 g/mol. The Morgan fingerprint density at radius 1 is 0.939 bits per heavy atom. The van der Waals surface area contributed by atoms with Gasteiger partial charge in [-0.1, -0.05) is 41.9 Å². The first-order chi connectivity index (χ1) is 16.2. The molecular weight excluding hydrogens is 436 g/mol. The molecule has 0 unspecified atom stereocenters. The molecule has 0 saturated carbocycles. The summed E-state index contributed by atoms with van der Waals surface area (Å²) in [5, 5.41) is 5.20. The number of nitrogens with zero attached hydrogens (tertiary/aromatic N) is 5. The van der Waals surface area contributed by atoms with E-state index in [1.54, 1.807) is 0 Å². The van der Waals surface area contributed by atoms with Crippen LogP contribution < -0.4 is 10.2 Å². The molecule has 2 aliphatic rings. The van der Waals surface area contributed by atoms with E-state index in [0.717, 1.165) is 98.6 Å². The minimum Gasteiger partial charge on any atom is -0.379 e. The van der Waals surface area contributed by atoms with Crippen molar-refractivity contribution >= 4 is 34.0 Å². The maximum atomic E-state index is 7.04. The first-order valence-electron chi connectivity index (χ1n) is 11.7. The summed E-state index contributed by atoms with van der Waals surface area (Å²) < 4.78 is 5.47. The summed E-state index contributed by atoms with van der Waals surface area (Å²) in [6, 6.07) is 14.3. The van der Waals surface area contributed by atoms with Gasteiger partial charge in [-0.25, -0.2) is 9.97 Å². The quantitative estimate of drug-likeness (QED) is 0.597. The van der Waals surface area contributed by atoms with Gasteiger partial charge in [-0.15, -0.1) is 0 Å². The van der Waals surface area contributed by atoms with E-state index in [9.17, 15) is 0 Å². The molecule has 3 heterocycles. The Balaban J connectivity index is 1.49. The standard InChI is InChI=1S/C25H31ClN6O/c1-30-11-13-32(14-12-30)21-8-7-20-22(23(21)26)25(27-9-10-31-15-17-33-18-16-31)29-24(28-20)19-5-3-2-4-6-19/h2-8H,9-18H2,1H3,(H,27,28,29). The number of anilines is 2. The van der Waals surface area contributed by atoms with E-state index in [0.29, 0.717) is 5.82 Å². The average Bonchev–Trinajstić information content (AvgIpc) is 2.86. The van der Waals surface area contributed by atoms with Crippen molar-refractivity contribution in [3.63, 3.8) is 0 Å². The Morgan fingerprint density at radius 3 is 2.45 bits per heavy atom. The van der Waals surface area contributed by atoms with Crippen LogP contribution in [-0.2, 0) is 4.74 Å². The highest BCUT2D eigenvalue weighted by Gasteiger charge is 2.21. The Hall–Kier alpha value is -2.45. The molecule has 174 valence electrons. The van der Waals surface area contributed by atoms with Crippen molar-refractivity contribution in [1.82, 2.24) is 19.8 Å². The fourth-order valence-corrected chi connectivity index (χ4v) is 4.84. The summed E-state index contributed by atoms with van der Waals surface area (Å²) in [6.45, 7) is 9.25. The minimum absolute atomic E-state index is 0.709. The molecule has 1 aromatic heterocycles. The number of ether oxygens (including phenoxy) is 1. The number of piperazine rings is 1. The van der Waals surface area contributed by atoms with Crippen LogP contribution in [0.3, 0.4) is 0 Å². The second kappa shape index (κ2) is 10.2. The molecule has 5 rings (SSSR count). The van der Waals surface area contributed by atoms with Crippen molar-refractivity contribution in [3.05, 3.63) is 47.5 Å². The fourth-order valence-electron chi connectivity index (χ4n) is 4.47. The zero-order valence-electron chi connectivity index (χ0n) is 19.1. The SMILES string of the molecule is CN1CCN(c2ccc3nc(-c4ccccc4)nc(NCCN4CCOCC4)c3c2Cl)CC1. The van der Waals surface area contributed by atoms with Crippen LogP contribution in [0, 0.1) is 0 Å². The summed E-state index contributed by atoms with van der Waals surface area (Å²) in [7, 11) is 2.16. The predicted octanol–water partition coefficient (Wildman–Crippen LogP) is 3.45. The van der Waals surface area contributed by atoms with Gasteiger partial charge in [0.25, 0.3) is 0 Å². The number of hydrogen-bond acceptors (Lipinski definition) is 7. The number of rotatable bonds is 6. The van der Waals surface area contributed by atoms with Gasteiger partial charge in [0.2, 0.25) is 0 Å². The lowest BCUT2D eigenvalue weighted by molar-refractivity contribution is 0.0398. The molecule has 0 spiro atoms. The summed E-state index contributed by atoms with van der Waals surface area (Å²) in [5.41, 5.74) is 2.92. The predicted molar refractivity (Wildman–Crippen MR) is 135 cm³/mol. The molecule has 2 saturated heterocycles. The van der Waals surface area contributed by atoms with Gasteiger partial charge < -0.3 is 19.9 Å². The molecule has 33 heavy (non-hydrogen) atoms. The Morgan fingerprint density at radius 2 is 1.70 bits per heavy atom. The molecule has 0 aliphatic carbocycles. The van der Waals surface area contributed by atoms with Crippen LogP contribution in [0.1, 0.15) is 0 Å². The molecule has 1 N–H and O–H groups in total. The number of hydrogen-bond donors (Lipinski definition) is 1. The van der Waals surface area contributed by atoms with Crippen LogP contribution in [0.25, 0.3) is 22.3 Å². The van der Waals surface area contributed by atoms with Crippen molar-refractivity contribution < 1.29 is 4.74 Å². The van der Waals surface area contributed by atoms with Gasteiger partial charge in [0.15, 0.2) is 5.82 Å². The molecule has 0 bridgehead atoms.